The molecule has 1 atom stereocenters. The summed E-state index contributed by atoms with van der Waals surface area (Å²) in [6.07, 6.45) is -0.621. The van der Waals surface area contributed by atoms with Crippen molar-refractivity contribution < 1.29 is 19.0 Å². The molecule has 4 heteroatoms. The fourth-order valence-electron chi connectivity index (χ4n) is 1.59. The van der Waals surface area contributed by atoms with Crippen molar-refractivity contribution in [2.75, 3.05) is 14.2 Å². The van der Waals surface area contributed by atoms with Crippen LogP contribution in [0.4, 0.5) is 0 Å². The highest BCUT2D eigenvalue weighted by molar-refractivity contribution is 5.82. The maximum absolute atomic E-state index is 9.42. The van der Waals surface area contributed by atoms with E-state index < -0.39 is 6.10 Å². The Morgan fingerprint density at radius 2 is 1.75 bits per heavy atom. The molecule has 0 radical (unpaired) electrons. The Morgan fingerprint density at radius 3 is 2.31 bits per heavy atom. The molecule has 0 amide bonds. The van der Waals surface area contributed by atoms with Gasteiger partial charge in [-0.1, -0.05) is 0 Å². The third-order valence-corrected chi connectivity index (χ3v) is 2.45. The molecular formula is C12H14O4. The van der Waals surface area contributed by atoms with Crippen molar-refractivity contribution in [3.8, 4) is 11.5 Å². The summed E-state index contributed by atoms with van der Waals surface area (Å²) in [6.45, 7) is 1.66. The van der Waals surface area contributed by atoms with Gasteiger partial charge in [-0.25, -0.2) is 0 Å². The molecule has 0 fully saturated rings. The Kier molecular flexibility index (Phi) is 2.75. The molecule has 0 aliphatic heterocycles. The number of ether oxygens (including phenoxy) is 2. The number of benzene rings is 1. The number of hydrogen-bond donors (Lipinski definition) is 1. The van der Waals surface area contributed by atoms with Crippen LogP contribution in [0.1, 0.15) is 18.8 Å². The zero-order valence-electron chi connectivity index (χ0n) is 9.48. The van der Waals surface area contributed by atoms with Gasteiger partial charge in [0.2, 0.25) is 0 Å². The SMILES string of the molecule is COc1cc2cc([C@@H](C)O)oc2cc1OC. The molecule has 0 aliphatic carbocycles. The highest BCUT2D eigenvalue weighted by Gasteiger charge is 2.12. The minimum atomic E-state index is -0.621. The minimum absolute atomic E-state index is 0.533. The van der Waals surface area contributed by atoms with Crippen molar-refractivity contribution in [1.82, 2.24) is 0 Å². The van der Waals surface area contributed by atoms with E-state index in [-0.39, 0.29) is 0 Å². The molecule has 0 saturated carbocycles. The number of fused-ring (bicyclic) bond motifs is 1. The van der Waals surface area contributed by atoms with E-state index in [1.54, 1.807) is 33.3 Å². The van der Waals surface area contributed by atoms with Gasteiger partial charge in [-0.2, -0.15) is 0 Å². The van der Waals surface area contributed by atoms with Crippen LogP contribution >= 0.6 is 0 Å². The molecule has 4 nitrogen and oxygen atoms in total. The fourth-order valence-corrected chi connectivity index (χ4v) is 1.59. The summed E-state index contributed by atoms with van der Waals surface area (Å²) in [6, 6.07) is 5.37. The second-order valence-corrected chi connectivity index (χ2v) is 3.57. The van der Waals surface area contributed by atoms with Gasteiger partial charge in [0, 0.05) is 11.5 Å². The van der Waals surface area contributed by atoms with Crippen LogP contribution in [0.15, 0.2) is 22.6 Å². The van der Waals surface area contributed by atoms with Gasteiger partial charge < -0.3 is 19.0 Å². The summed E-state index contributed by atoms with van der Waals surface area (Å²) in [5.41, 5.74) is 0.675. The standard InChI is InChI=1S/C12H14O4/c1-7(13)9-4-8-5-11(14-2)12(15-3)6-10(8)16-9/h4-7,13H,1-3H3/t7-/m1/s1. The molecule has 2 rings (SSSR count). The Bertz CT molecular complexity index is 458. The largest absolute Gasteiger partial charge is 0.493 e. The minimum Gasteiger partial charge on any atom is -0.493 e. The predicted molar refractivity (Wildman–Crippen MR) is 60.0 cm³/mol. The van der Waals surface area contributed by atoms with Gasteiger partial charge >= 0.3 is 0 Å². The van der Waals surface area contributed by atoms with E-state index in [0.29, 0.717) is 22.8 Å². The molecule has 86 valence electrons. The van der Waals surface area contributed by atoms with Gasteiger partial charge in [-0.15, -0.1) is 0 Å². The van der Waals surface area contributed by atoms with Gasteiger partial charge in [-0.05, 0) is 19.1 Å². The topological polar surface area (TPSA) is 51.8 Å². The zero-order valence-corrected chi connectivity index (χ0v) is 9.48. The van der Waals surface area contributed by atoms with E-state index in [1.807, 2.05) is 6.07 Å². The van der Waals surface area contributed by atoms with Crippen molar-refractivity contribution in [2.45, 2.75) is 13.0 Å². The molecule has 0 saturated heterocycles. The lowest BCUT2D eigenvalue weighted by Crippen LogP contribution is -1.89. The van der Waals surface area contributed by atoms with Gasteiger partial charge in [0.05, 0.1) is 14.2 Å². The molecule has 2 aromatic rings. The first-order valence-corrected chi connectivity index (χ1v) is 4.99. The first-order chi connectivity index (χ1) is 7.65. The fraction of sp³-hybridized carbons (Fsp3) is 0.333. The van der Waals surface area contributed by atoms with Crippen molar-refractivity contribution in [3.63, 3.8) is 0 Å². The number of hydrogen-bond acceptors (Lipinski definition) is 4. The third kappa shape index (κ3) is 1.72. The number of aliphatic hydroxyl groups excluding tert-OH is 1. The molecule has 0 bridgehead atoms. The molecule has 0 unspecified atom stereocenters. The van der Waals surface area contributed by atoms with Crippen molar-refractivity contribution in [1.29, 1.82) is 0 Å². The van der Waals surface area contributed by atoms with Crippen LogP contribution in [0.3, 0.4) is 0 Å². The lowest BCUT2D eigenvalue weighted by atomic mass is 10.2. The van der Waals surface area contributed by atoms with Crippen LogP contribution in [0.2, 0.25) is 0 Å². The Hall–Kier alpha value is -1.68. The van der Waals surface area contributed by atoms with E-state index in [2.05, 4.69) is 0 Å². The monoisotopic (exact) mass is 222 g/mol. The van der Waals surface area contributed by atoms with E-state index in [9.17, 15) is 5.11 Å². The summed E-state index contributed by atoms with van der Waals surface area (Å²) in [7, 11) is 3.15. The lowest BCUT2D eigenvalue weighted by Gasteiger charge is -2.06. The molecule has 0 spiro atoms. The van der Waals surface area contributed by atoms with Gasteiger partial charge in [0.1, 0.15) is 17.4 Å². The van der Waals surface area contributed by atoms with Crippen molar-refractivity contribution >= 4 is 11.0 Å². The first kappa shape index (κ1) is 10.8. The maximum atomic E-state index is 9.42. The number of rotatable bonds is 3. The third-order valence-electron chi connectivity index (χ3n) is 2.45. The average molecular weight is 222 g/mol. The summed E-state index contributed by atoms with van der Waals surface area (Å²) >= 11 is 0. The predicted octanol–water partition coefficient (Wildman–Crippen LogP) is 2.50. The van der Waals surface area contributed by atoms with Crippen molar-refractivity contribution in [3.05, 3.63) is 24.0 Å². The van der Waals surface area contributed by atoms with E-state index in [4.69, 9.17) is 13.9 Å². The van der Waals surface area contributed by atoms with Crippen molar-refractivity contribution in [2.24, 2.45) is 0 Å². The molecule has 0 aliphatic rings. The van der Waals surface area contributed by atoms with E-state index in [1.165, 1.54) is 0 Å². The Balaban J connectivity index is 2.60. The molecule has 1 aromatic heterocycles. The van der Waals surface area contributed by atoms with Crippen LogP contribution in [-0.2, 0) is 0 Å². The van der Waals surface area contributed by atoms with Gasteiger partial charge in [0.25, 0.3) is 0 Å². The Morgan fingerprint density at radius 1 is 1.12 bits per heavy atom. The second-order valence-electron chi connectivity index (χ2n) is 3.57. The van der Waals surface area contributed by atoms with Crippen LogP contribution in [0.5, 0.6) is 11.5 Å². The number of methoxy groups -OCH3 is 2. The van der Waals surface area contributed by atoms with Crippen LogP contribution in [0.25, 0.3) is 11.0 Å². The highest BCUT2D eigenvalue weighted by Crippen LogP contribution is 2.34. The molecular weight excluding hydrogens is 208 g/mol. The molecule has 16 heavy (non-hydrogen) atoms. The summed E-state index contributed by atoms with van der Waals surface area (Å²) in [5, 5.41) is 10.3. The van der Waals surface area contributed by atoms with Crippen LogP contribution in [-0.4, -0.2) is 19.3 Å². The number of furan rings is 1. The summed E-state index contributed by atoms with van der Waals surface area (Å²) < 4.78 is 15.8. The summed E-state index contributed by atoms with van der Waals surface area (Å²) in [5.74, 6) is 1.79. The lowest BCUT2D eigenvalue weighted by molar-refractivity contribution is 0.172. The van der Waals surface area contributed by atoms with Crippen LogP contribution in [0, 0.1) is 0 Å². The summed E-state index contributed by atoms with van der Waals surface area (Å²) in [4.78, 5) is 0. The quantitative estimate of drug-likeness (QED) is 0.866. The Labute approximate surface area is 93.4 Å². The highest BCUT2D eigenvalue weighted by atomic mass is 16.5. The van der Waals surface area contributed by atoms with Crippen LogP contribution < -0.4 is 9.47 Å². The van der Waals surface area contributed by atoms with Gasteiger partial charge in [-0.3, -0.25) is 0 Å². The second kappa shape index (κ2) is 4.06. The zero-order chi connectivity index (χ0) is 11.7. The smallest absolute Gasteiger partial charge is 0.164 e. The molecule has 1 heterocycles. The first-order valence-electron chi connectivity index (χ1n) is 4.99. The maximum Gasteiger partial charge on any atom is 0.164 e. The molecule has 1 aromatic carbocycles. The van der Waals surface area contributed by atoms with Gasteiger partial charge in [0.15, 0.2) is 11.5 Å². The van der Waals surface area contributed by atoms with E-state index in [0.717, 1.165) is 5.39 Å². The number of aliphatic hydroxyl groups is 1. The van der Waals surface area contributed by atoms with E-state index >= 15 is 0 Å². The molecule has 1 N–H and O–H groups in total. The normalized spacial score (nSPS) is 12.8. The average Bonchev–Trinajstić information content (AvgIpc) is 2.69.